The Morgan fingerprint density at radius 1 is 1.50 bits per heavy atom. The van der Waals surface area contributed by atoms with Gasteiger partial charge in [-0.1, -0.05) is 6.92 Å². The van der Waals surface area contributed by atoms with Gasteiger partial charge in [-0.15, -0.1) is 11.6 Å². The quantitative estimate of drug-likeness (QED) is 0.651. The van der Waals surface area contributed by atoms with Crippen LogP contribution in [0.15, 0.2) is 0 Å². The van der Waals surface area contributed by atoms with E-state index in [0.29, 0.717) is 25.4 Å². The number of nitrogens with one attached hydrogen (secondary N) is 1. The molecule has 0 radical (unpaired) electrons. The summed E-state index contributed by atoms with van der Waals surface area (Å²) in [5.74, 6) is 0.478. The number of rotatable bonds is 6. The van der Waals surface area contributed by atoms with Gasteiger partial charge in [-0.2, -0.15) is 12.7 Å². The lowest BCUT2D eigenvalue weighted by Gasteiger charge is -2.15. The fourth-order valence-corrected chi connectivity index (χ4v) is 1.77. The summed E-state index contributed by atoms with van der Waals surface area (Å²) in [5, 5.41) is 0. The molecule has 0 fully saturated rings. The Morgan fingerprint density at radius 2 is 2.08 bits per heavy atom. The molecular weight excluding hydrogens is 200 g/mol. The van der Waals surface area contributed by atoms with Crippen LogP contribution in [-0.2, 0) is 10.2 Å². The molecule has 0 unspecified atom stereocenters. The molecule has 0 aliphatic rings. The fraction of sp³-hybridized carbons (Fsp3) is 1.00. The van der Waals surface area contributed by atoms with Crippen molar-refractivity contribution in [2.75, 3.05) is 26.0 Å². The van der Waals surface area contributed by atoms with Crippen molar-refractivity contribution >= 4 is 21.8 Å². The molecule has 0 saturated carbocycles. The van der Waals surface area contributed by atoms with Gasteiger partial charge in [0.15, 0.2) is 0 Å². The van der Waals surface area contributed by atoms with Crippen molar-refractivity contribution in [3.05, 3.63) is 0 Å². The van der Waals surface area contributed by atoms with Gasteiger partial charge in [0.1, 0.15) is 0 Å². The van der Waals surface area contributed by atoms with E-state index in [1.165, 1.54) is 11.4 Å². The molecule has 0 spiro atoms. The molecule has 0 aromatic heterocycles. The van der Waals surface area contributed by atoms with E-state index in [4.69, 9.17) is 11.6 Å². The van der Waals surface area contributed by atoms with E-state index in [2.05, 4.69) is 4.72 Å². The summed E-state index contributed by atoms with van der Waals surface area (Å²) in [6.07, 6.45) is 0.669. The maximum atomic E-state index is 11.2. The minimum Gasteiger partial charge on any atom is -0.202 e. The maximum absolute atomic E-state index is 11.2. The van der Waals surface area contributed by atoms with Crippen LogP contribution in [0.3, 0.4) is 0 Å². The molecule has 0 atom stereocenters. The Morgan fingerprint density at radius 3 is 2.50 bits per heavy atom. The molecule has 12 heavy (non-hydrogen) atoms. The van der Waals surface area contributed by atoms with Gasteiger partial charge >= 0.3 is 0 Å². The van der Waals surface area contributed by atoms with Gasteiger partial charge in [-0.3, -0.25) is 0 Å². The standard InChI is InChI=1S/C6H15ClN2O2S/c1-3-8-12(10,11)9(2)6-4-5-7/h8H,3-6H2,1-2H3. The van der Waals surface area contributed by atoms with Gasteiger partial charge in [0, 0.05) is 26.0 Å². The van der Waals surface area contributed by atoms with Crippen LogP contribution in [0.1, 0.15) is 13.3 Å². The second-order valence-corrected chi connectivity index (χ2v) is 4.61. The van der Waals surface area contributed by atoms with Crippen LogP contribution in [-0.4, -0.2) is 38.7 Å². The average molecular weight is 215 g/mol. The topological polar surface area (TPSA) is 49.4 Å². The van der Waals surface area contributed by atoms with Crippen LogP contribution >= 0.6 is 11.6 Å². The number of halogens is 1. The van der Waals surface area contributed by atoms with Gasteiger partial charge in [0.2, 0.25) is 0 Å². The highest BCUT2D eigenvalue weighted by atomic mass is 35.5. The van der Waals surface area contributed by atoms with Crippen molar-refractivity contribution in [2.45, 2.75) is 13.3 Å². The third-order valence-corrected chi connectivity index (χ3v) is 3.27. The van der Waals surface area contributed by atoms with Crippen LogP contribution < -0.4 is 4.72 Å². The van der Waals surface area contributed by atoms with Gasteiger partial charge in [0.25, 0.3) is 10.2 Å². The predicted octanol–water partition coefficient (Wildman–Crippen LogP) is 0.401. The van der Waals surface area contributed by atoms with E-state index in [1.807, 2.05) is 0 Å². The number of nitrogens with zero attached hydrogens (tertiary/aromatic N) is 1. The highest BCUT2D eigenvalue weighted by Gasteiger charge is 2.14. The van der Waals surface area contributed by atoms with Crippen molar-refractivity contribution < 1.29 is 8.42 Å². The first-order valence-electron chi connectivity index (χ1n) is 3.81. The zero-order chi connectivity index (χ0) is 9.61. The number of hydrogen-bond donors (Lipinski definition) is 1. The second-order valence-electron chi connectivity index (χ2n) is 2.37. The highest BCUT2D eigenvalue weighted by Crippen LogP contribution is 1.96. The van der Waals surface area contributed by atoms with Gasteiger partial charge in [-0.05, 0) is 6.42 Å². The lowest BCUT2D eigenvalue weighted by molar-refractivity contribution is 0.459. The van der Waals surface area contributed by atoms with Crippen LogP contribution in [0.5, 0.6) is 0 Å². The van der Waals surface area contributed by atoms with Crippen molar-refractivity contribution in [2.24, 2.45) is 0 Å². The Hall–Kier alpha value is 0.160. The predicted molar refractivity (Wildman–Crippen MR) is 50.6 cm³/mol. The van der Waals surface area contributed by atoms with Crippen molar-refractivity contribution in [1.29, 1.82) is 0 Å². The van der Waals surface area contributed by atoms with E-state index >= 15 is 0 Å². The van der Waals surface area contributed by atoms with Gasteiger partial charge in [0.05, 0.1) is 0 Å². The van der Waals surface area contributed by atoms with Crippen molar-refractivity contribution in [3.8, 4) is 0 Å². The summed E-state index contributed by atoms with van der Waals surface area (Å²) < 4.78 is 26.1. The molecule has 0 bridgehead atoms. The molecule has 6 heteroatoms. The van der Waals surface area contributed by atoms with Crippen molar-refractivity contribution in [3.63, 3.8) is 0 Å². The first kappa shape index (κ1) is 12.2. The van der Waals surface area contributed by atoms with E-state index in [0.717, 1.165) is 0 Å². The summed E-state index contributed by atoms with van der Waals surface area (Å²) in [7, 11) is -1.73. The Labute approximate surface area is 79.1 Å². The van der Waals surface area contributed by atoms with Crippen LogP contribution in [0, 0.1) is 0 Å². The largest absolute Gasteiger partial charge is 0.279 e. The zero-order valence-electron chi connectivity index (χ0n) is 7.38. The maximum Gasteiger partial charge on any atom is 0.279 e. The van der Waals surface area contributed by atoms with Crippen LogP contribution in [0.25, 0.3) is 0 Å². The SMILES string of the molecule is CCNS(=O)(=O)N(C)CCCCl. The summed E-state index contributed by atoms with van der Waals surface area (Å²) in [4.78, 5) is 0. The van der Waals surface area contributed by atoms with E-state index < -0.39 is 10.2 Å². The molecule has 0 heterocycles. The molecule has 0 rings (SSSR count). The Bertz CT molecular complexity index is 206. The third kappa shape index (κ3) is 4.25. The highest BCUT2D eigenvalue weighted by molar-refractivity contribution is 7.87. The number of hydrogen-bond acceptors (Lipinski definition) is 2. The summed E-state index contributed by atoms with van der Waals surface area (Å²) in [6.45, 7) is 2.61. The smallest absolute Gasteiger partial charge is 0.202 e. The molecule has 0 saturated heterocycles. The first-order chi connectivity index (χ1) is 5.54. The minimum atomic E-state index is -3.26. The van der Waals surface area contributed by atoms with E-state index in [1.54, 1.807) is 6.92 Å². The molecule has 74 valence electrons. The molecule has 1 N–H and O–H groups in total. The second kappa shape index (κ2) is 5.75. The van der Waals surface area contributed by atoms with Gasteiger partial charge in [-0.25, -0.2) is 4.72 Å². The lowest BCUT2D eigenvalue weighted by Crippen LogP contribution is -2.38. The summed E-state index contributed by atoms with van der Waals surface area (Å²) >= 11 is 5.43. The summed E-state index contributed by atoms with van der Waals surface area (Å²) in [5.41, 5.74) is 0. The van der Waals surface area contributed by atoms with E-state index in [-0.39, 0.29) is 0 Å². The minimum absolute atomic E-state index is 0.410. The Kier molecular flexibility index (Phi) is 5.82. The normalized spacial score (nSPS) is 12.3. The molecule has 0 aromatic rings. The fourth-order valence-electron chi connectivity index (χ4n) is 0.695. The number of alkyl halides is 1. The van der Waals surface area contributed by atoms with Gasteiger partial charge < -0.3 is 0 Å². The molecule has 4 nitrogen and oxygen atoms in total. The molecular formula is C6H15ClN2O2S. The molecule has 0 aliphatic carbocycles. The van der Waals surface area contributed by atoms with E-state index in [9.17, 15) is 8.42 Å². The van der Waals surface area contributed by atoms with Crippen molar-refractivity contribution in [1.82, 2.24) is 9.03 Å². The first-order valence-corrected chi connectivity index (χ1v) is 5.79. The molecule has 0 aromatic carbocycles. The Balaban J connectivity index is 3.98. The monoisotopic (exact) mass is 214 g/mol. The zero-order valence-corrected chi connectivity index (χ0v) is 8.95. The molecule has 0 amide bonds. The molecule has 0 aliphatic heterocycles. The summed E-state index contributed by atoms with van der Waals surface area (Å²) in [6, 6.07) is 0. The van der Waals surface area contributed by atoms with Crippen LogP contribution in [0.4, 0.5) is 0 Å². The third-order valence-electron chi connectivity index (χ3n) is 1.34. The average Bonchev–Trinajstić information content (AvgIpc) is 2.00. The van der Waals surface area contributed by atoms with Crippen LogP contribution in [0.2, 0.25) is 0 Å². The lowest BCUT2D eigenvalue weighted by atomic mass is 10.5.